The summed E-state index contributed by atoms with van der Waals surface area (Å²) >= 11 is 0. The molecule has 0 radical (unpaired) electrons. The third-order valence-electron chi connectivity index (χ3n) is 2.86. The molecule has 0 saturated carbocycles. The third-order valence-corrected chi connectivity index (χ3v) is 5.08. The van der Waals surface area contributed by atoms with Crippen molar-refractivity contribution in [1.82, 2.24) is 0 Å². The fourth-order valence-electron chi connectivity index (χ4n) is 1.48. The maximum absolute atomic E-state index is 11.9. The normalized spacial score (nSPS) is 13.4. The van der Waals surface area contributed by atoms with Crippen molar-refractivity contribution in [3.8, 4) is 0 Å². The lowest BCUT2D eigenvalue weighted by Crippen LogP contribution is -2.25. The van der Waals surface area contributed by atoms with Crippen molar-refractivity contribution in [1.29, 1.82) is 0 Å². The summed E-state index contributed by atoms with van der Waals surface area (Å²) in [5, 5.41) is -0.462. The van der Waals surface area contributed by atoms with Crippen LogP contribution >= 0.6 is 0 Å². The molecule has 1 aromatic carbocycles. The molecule has 1 atom stereocenters. The van der Waals surface area contributed by atoms with E-state index in [1.54, 1.807) is 32.0 Å². The molecule has 1 aromatic rings. The first-order valence-corrected chi connectivity index (χ1v) is 7.39. The topological polar surface area (TPSA) is 51.2 Å². The minimum atomic E-state index is -3.32. The van der Waals surface area contributed by atoms with Crippen LogP contribution in [0.3, 0.4) is 0 Å². The zero-order valence-corrected chi connectivity index (χ0v) is 11.3. The second kappa shape index (κ2) is 5.45. The van der Waals surface area contributed by atoms with Crippen molar-refractivity contribution in [3.05, 3.63) is 35.4 Å². The maximum atomic E-state index is 11.9. The average Bonchev–Trinajstić information content (AvgIpc) is 2.27. The fraction of sp³-hybridized carbons (Fsp3) is 0.462. The van der Waals surface area contributed by atoms with Gasteiger partial charge in [0.2, 0.25) is 0 Å². The molecule has 0 aliphatic rings. The van der Waals surface area contributed by atoms with Gasteiger partial charge in [-0.05, 0) is 26.3 Å². The van der Waals surface area contributed by atoms with E-state index in [1.165, 1.54) is 0 Å². The van der Waals surface area contributed by atoms with Crippen LogP contribution in [-0.4, -0.2) is 25.2 Å². The standard InChI is InChI=1S/C13H18O3S/c1-4-11(3)17(15,16)9-13(14)12-7-5-6-10(2)8-12/h5-8,11H,4,9H2,1-3H3. The minimum absolute atomic E-state index is 0.325. The zero-order valence-electron chi connectivity index (χ0n) is 10.4. The van der Waals surface area contributed by atoms with E-state index >= 15 is 0 Å². The number of rotatable bonds is 5. The van der Waals surface area contributed by atoms with Gasteiger partial charge in [0.1, 0.15) is 5.75 Å². The largest absolute Gasteiger partial charge is 0.293 e. The van der Waals surface area contributed by atoms with Crippen LogP contribution in [0.25, 0.3) is 0 Å². The number of carbonyl (C=O) groups excluding carboxylic acids is 1. The molecule has 0 heterocycles. The zero-order chi connectivity index (χ0) is 13.1. The molecule has 0 aromatic heterocycles. The highest BCUT2D eigenvalue weighted by Crippen LogP contribution is 2.11. The molecule has 0 fully saturated rings. The van der Waals surface area contributed by atoms with E-state index in [1.807, 2.05) is 13.0 Å². The molecule has 17 heavy (non-hydrogen) atoms. The van der Waals surface area contributed by atoms with Gasteiger partial charge in [0, 0.05) is 5.56 Å². The quantitative estimate of drug-likeness (QED) is 0.758. The van der Waals surface area contributed by atoms with Gasteiger partial charge in [-0.2, -0.15) is 0 Å². The Morgan fingerprint density at radius 2 is 2.00 bits per heavy atom. The van der Waals surface area contributed by atoms with Crippen LogP contribution in [0.5, 0.6) is 0 Å². The number of hydrogen-bond donors (Lipinski definition) is 0. The fourth-order valence-corrected chi connectivity index (χ4v) is 2.81. The second-order valence-electron chi connectivity index (χ2n) is 4.32. The molecule has 0 spiro atoms. The van der Waals surface area contributed by atoms with Gasteiger partial charge < -0.3 is 0 Å². The van der Waals surface area contributed by atoms with Crippen LogP contribution in [0.15, 0.2) is 24.3 Å². The predicted octanol–water partition coefficient (Wildman–Crippen LogP) is 2.39. The molecule has 1 unspecified atom stereocenters. The van der Waals surface area contributed by atoms with E-state index < -0.39 is 20.8 Å². The molecule has 3 nitrogen and oxygen atoms in total. The lowest BCUT2D eigenvalue weighted by molar-refractivity contribution is 0.102. The number of benzene rings is 1. The molecule has 0 bridgehead atoms. The smallest absolute Gasteiger partial charge is 0.177 e. The van der Waals surface area contributed by atoms with Gasteiger partial charge in [0.05, 0.1) is 5.25 Å². The summed E-state index contributed by atoms with van der Waals surface area (Å²) in [6.45, 7) is 5.32. The van der Waals surface area contributed by atoms with Crippen molar-refractivity contribution < 1.29 is 13.2 Å². The Morgan fingerprint density at radius 3 is 2.53 bits per heavy atom. The second-order valence-corrected chi connectivity index (χ2v) is 6.74. The SMILES string of the molecule is CCC(C)S(=O)(=O)CC(=O)c1cccc(C)c1. The Labute approximate surface area is 103 Å². The molecule has 0 aliphatic heterocycles. The molecule has 0 aliphatic carbocycles. The predicted molar refractivity (Wildman–Crippen MR) is 69.0 cm³/mol. The van der Waals surface area contributed by atoms with E-state index in [9.17, 15) is 13.2 Å². The van der Waals surface area contributed by atoms with Gasteiger partial charge in [-0.1, -0.05) is 30.7 Å². The number of sulfone groups is 1. The van der Waals surface area contributed by atoms with Gasteiger partial charge in [0.15, 0.2) is 15.6 Å². The summed E-state index contributed by atoms with van der Waals surface area (Å²) in [4.78, 5) is 11.9. The van der Waals surface area contributed by atoms with Crippen LogP contribution in [0.1, 0.15) is 36.2 Å². The highest BCUT2D eigenvalue weighted by molar-refractivity contribution is 7.92. The Balaban J connectivity index is 2.87. The van der Waals surface area contributed by atoms with Crippen molar-refractivity contribution in [2.24, 2.45) is 0 Å². The molecular formula is C13H18O3S. The van der Waals surface area contributed by atoms with Crippen LogP contribution in [0, 0.1) is 6.92 Å². The number of ketones is 1. The van der Waals surface area contributed by atoms with Gasteiger partial charge in [-0.25, -0.2) is 8.42 Å². The first kappa shape index (κ1) is 13.9. The van der Waals surface area contributed by atoms with E-state index in [2.05, 4.69) is 0 Å². The Hall–Kier alpha value is -1.16. The lowest BCUT2D eigenvalue weighted by Gasteiger charge is -2.09. The molecular weight excluding hydrogens is 236 g/mol. The summed E-state index contributed by atoms with van der Waals surface area (Å²) in [7, 11) is -3.32. The Morgan fingerprint density at radius 1 is 1.35 bits per heavy atom. The number of aryl methyl sites for hydroxylation is 1. The summed E-state index contributed by atoms with van der Waals surface area (Å²) in [6, 6.07) is 7.01. The van der Waals surface area contributed by atoms with Crippen LogP contribution in [0.2, 0.25) is 0 Å². The van der Waals surface area contributed by atoms with Crippen molar-refractivity contribution in [2.45, 2.75) is 32.4 Å². The first-order chi connectivity index (χ1) is 7.86. The average molecular weight is 254 g/mol. The first-order valence-electron chi connectivity index (χ1n) is 5.68. The van der Waals surface area contributed by atoms with Crippen molar-refractivity contribution in [2.75, 3.05) is 5.75 Å². The third kappa shape index (κ3) is 3.66. The van der Waals surface area contributed by atoms with Gasteiger partial charge in [-0.15, -0.1) is 0 Å². The molecule has 0 saturated heterocycles. The summed E-state index contributed by atoms with van der Waals surface area (Å²) in [5.41, 5.74) is 1.42. The van der Waals surface area contributed by atoms with E-state index in [-0.39, 0.29) is 5.78 Å². The van der Waals surface area contributed by atoms with Crippen molar-refractivity contribution >= 4 is 15.6 Å². The molecule has 0 N–H and O–H groups in total. The molecule has 4 heteroatoms. The Bertz CT molecular complexity index is 503. The monoisotopic (exact) mass is 254 g/mol. The van der Waals surface area contributed by atoms with E-state index in [4.69, 9.17) is 0 Å². The Kier molecular flexibility index (Phi) is 4.46. The van der Waals surface area contributed by atoms with E-state index in [0.29, 0.717) is 12.0 Å². The summed E-state index contributed by atoms with van der Waals surface area (Å²) in [5.74, 6) is -0.722. The van der Waals surface area contributed by atoms with Crippen LogP contribution in [0.4, 0.5) is 0 Å². The van der Waals surface area contributed by atoms with Gasteiger partial charge >= 0.3 is 0 Å². The maximum Gasteiger partial charge on any atom is 0.177 e. The number of hydrogen-bond acceptors (Lipinski definition) is 3. The minimum Gasteiger partial charge on any atom is -0.293 e. The highest BCUT2D eigenvalue weighted by atomic mass is 32.2. The summed E-state index contributed by atoms with van der Waals surface area (Å²) < 4.78 is 23.6. The number of Topliss-reactive ketones (excluding diaryl/α,β-unsaturated/α-hetero) is 1. The van der Waals surface area contributed by atoms with Crippen LogP contribution in [-0.2, 0) is 9.84 Å². The molecule has 0 amide bonds. The van der Waals surface area contributed by atoms with E-state index in [0.717, 1.165) is 5.56 Å². The lowest BCUT2D eigenvalue weighted by atomic mass is 10.1. The van der Waals surface area contributed by atoms with Crippen molar-refractivity contribution in [3.63, 3.8) is 0 Å². The van der Waals surface area contributed by atoms with Gasteiger partial charge in [0.25, 0.3) is 0 Å². The van der Waals surface area contributed by atoms with Gasteiger partial charge in [-0.3, -0.25) is 4.79 Å². The molecule has 94 valence electrons. The summed E-state index contributed by atoms with van der Waals surface area (Å²) in [6.07, 6.45) is 0.531. The highest BCUT2D eigenvalue weighted by Gasteiger charge is 2.23. The van der Waals surface area contributed by atoms with Crippen LogP contribution < -0.4 is 0 Å². The molecule has 1 rings (SSSR count). The number of carbonyl (C=O) groups is 1.